The highest BCUT2D eigenvalue weighted by atomic mass is 32.2. The zero-order valence-corrected chi connectivity index (χ0v) is 16.2. The third kappa shape index (κ3) is 4.24. The molecule has 24 heavy (non-hydrogen) atoms. The third-order valence-corrected chi connectivity index (χ3v) is 6.47. The highest BCUT2D eigenvalue weighted by molar-refractivity contribution is 7.89. The molecule has 1 aromatic rings. The van der Waals surface area contributed by atoms with Crippen LogP contribution in [0, 0.1) is 13.8 Å². The molecule has 0 aliphatic carbocycles. The number of aryl methyl sites for hydroxylation is 2. The normalized spacial score (nSPS) is 16.6. The van der Waals surface area contributed by atoms with E-state index in [1.807, 2.05) is 19.0 Å². The number of hydrogen-bond donors (Lipinski definition) is 1. The Hall–Kier alpha value is -1.23. The van der Waals surface area contributed by atoms with Crippen LogP contribution in [0.15, 0.2) is 9.42 Å². The quantitative estimate of drug-likeness (QED) is 0.722. The molecular formula is C14H25N5O3S2. The van der Waals surface area contributed by atoms with Gasteiger partial charge in [0.1, 0.15) is 10.6 Å². The summed E-state index contributed by atoms with van der Waals surface area (Å²) in [6.45, 7) is 6.83. The Morgan fingerprint density at radius 1 is 1.29 bits per heavy atom. The predicted molar refractivity (Wildman–Crippen MR) is 95.5 cm³/mol. The molecule has 1 aliphatic rings. The highest BCUT2D eigenvalue weighted by Gasteiger charge is 2.33. The van der Waals surface area contributed by atoms with Crippen molar-refractivity contribution in [2.45, 2.75) is 18.7 Å². The van der Waals surface area contributed by atoms with Crippen molar-refractivity contribution in [1.82, 2.24) is 24.6 Å². The Kier molecular flexibility index (Phi) is 6.18. The number of hydrogen-bond acceptors (Lipinski definition) is 6. The van der Waals surface area contributed by atoms with Crippen LogP contribution in [0.5, 0.6) is 0 Å². The molecule has 1 aliphatic heterocycles. The summed E-state index contributed by atoms with van der Waals surface area (Å²) < 4.78 is 32.0. The van der Waals surface area contributed by atoms with Crippen LogP contribution >= 0.6 is 12.2 Å². The molecule has 1 saturated heterocycles. The second kappa shape index (κ2) is 7.77. The molecule has 0 bridgehead atoms. The standard InChI is InChI=1S/C14H25N5O3S2/c1-11-13(12(2)22-16-11)24(20,21)19-9-7-18(8-10-19)14(23)15-5-6-17(3)4/h5-10H2,1-4H3,(H,15,23). The number of aromatic nitrogens is 1. The van der Waals surface area contributed by atoms with Gasteiger partial charge in [-0.2, -0.15) is 4.31 Å². The van der Waals surface area contributed by atoms with E-state index in [-0.39, 0.29) is 4.90 Å². The van der Waals surface area contributed by atoms with Crippen LogP contribution in [0.2, 0.25) is 0 Å². The fraction of sp³-hybridized carbons (Fsp3) is 0.714. The Balaban J connectivity index is 1.94. The summed E-state index contributed by atoms with van der Waals surface area (Å²) in [6.07, 6.45) is 0. The maximum atomic E-state index is 12.8. The first kappa shape index (κ1) is 19.1. The molecule has 0 aromatic carbocycles. The van der Waals surface area contributed by atoms with E-state index in [9.17, 15) is 8.42 Å². The Bertz CT molecular complexity index is 659. The molecule has 0 radical (unpaired) electrons. The van der Waals surface area contributed by atoms with E-state index >= 15 is 0 Å². The van der Waals surface area contributed by atoms with Crippen LogP contribution in [0.4, 0.5) is 0 Å². The lowest BCUT2D eigenvalue weighted by Crippen LogP contribution is -2.53. The number of sulfonamides is 1. The molecule has 0 amide bonds. The van der Waals surface area contributed by atoms with Gasteiger partial charge >= 0.3 is 0 Å². The van der Waals surface area contributed by atoms with Crippen LogP contribution < -0.4 is 5.32 Å². The van der Waals surface area contributed by atoms with Gasteiger partial charge in [0.15, 0.2) is 10.9 Å². The van der Waals surface area contributed by atoms with Crippen molar-refractivity contribution in [3.05, 3.63) is 11.5 Å². The predicted octanol–water partition coefficient (Wildman–Crippen LogP) is 0.0338. The molecule has 2 heterocycles. The van der Waals surface area contributed by atoms with Gasteiger partial charge in [-0.15, -0.1) is 0 Å². The van der Waals surface area contributed by atoms with Crippen LogP contribution in [0.3, 0.4) is 0 Å². The highest BCUT2D eigenvalue weighted by Crippen LogP contribution is 2.24. The molecule has 1 aromatic heterocycles. The Morgan fingerprint density at radius 3 is 2.42 bits per heavy atom. The zero-order chi connectivity index (χ0) is 17.9. The summed E-state index contributed by atoms with van der Waals surface area (Å²) in [5.74, 6) is 0.329. The number of rotatable bonds is 5. The summed E-state index contributed by atoms with van der Waals surface area (Å²) in [4.78, 5) is 4.26. The lowest BCUT2D eigenvalue weighted by molar-refractivity contribution is 0.263. The lowest BCUT2D eigenvalue weighted by atomic mass is 10.4. The Morgan fingerprint density at radius 2 is 1.92 bits per heavy atom. The van der Waals surface area contributed by atoms with Gasteiger partial charge in [-0.3, -0.25) is 0 Å². The number of nitrogens with zero attached hydrogens (tertiary/aromatic N) is 4. The van der Waals surface area contributed by atoms with Gasteiger partial charge in [0.05, 0.1) is 0 Å². The van der Waals surface area contributed by atoms with Crippen LogP contribution in [-0.4, -0.2) is 86.2 Å². The van der Waals surface area contributed by atoms with Crippen molar-refractivity contribution in [2.24, 2.45) is 0 Å². The maximum Gasteiger partial charge on any atom is 0.248 e. The van der Waals surface area contributed by atoms with Gasteiger partial charge in [0.2, 0.25) is 10.0 Å². The summed E-state index contributed by atoms with van der Waals surface area (Å²) in [6, 6.07) is 0. The van der Waals surface area contributed by atoms with Gasteiger partial charge in [-0.25, -0.2) is 8.42 Å². The van der Waals surface area contributed by atoms with E-state index in [2.05, 4.69) is 15.4 Å². The van der Waals surface area contributed by atoms with Crippen LogP contribution in [-0.2, 0) is 10.0 Å². The smallest absolute Gasteiger partial charge is 0.248 e. The average molecular weight is 376 g/mol. The second-order valence-electron chi connectivity index (χ2n) is 6.08. The molecule has 10 heteroatoms. The van der Waals surface area contributed by atoms with E-state index in [4.69, 9.17) is 16.7 Å². The molecule has 0 unspecified atom stereocenters. The summed E-state index contributed by atoms with van der Waals surface area (Å²) in [5.41, 5.74) is 0.399. The van der Waals surface area contributed by atoms with Gasteiger partial charge in [0.25, 0.3) is 0 Å². The monoisotopic (exact) mass is 375 g/mol. The van der Waals surface area contributed by atoms with Gasteiger partial charge in [0, 0.05) is 39.3 Å². The second-order valence-corrected chi connectivity index (χ2v) is 8.34. The zero-order valence-electron chi connectivity index (χ0n) is 14.6. The average Bonchev–Trinajstić information content (AvgIpc) is 2.86. The van der Waals surface area contributed by atoms with Crippen molar-refractivity contribution < 1.29 is 12.9 Å². The van der Waals surface area contributed by atoms with Crippen molar-refractivity contribution in [3.63, 3.8) is 0 Å². The first-order chi connectivity index (χ1) is 11.2. The van der Waals surface area contributed by atoms with E-state index in [1.54, 1.807) is 13.8 Å². The van der Waals surface area contributed by atoms with Gasteiger partial charge < -0.3 is 19.6 Å². The third-order valence-electron chi connectivity index (χ3n) is 3.93. The molecular weight excluding hydrogens is 350 g/mol. The van der Waals surface area contributed by atoms with E-state index in [0.29, 0.717) is 42.7 Å². The fourth-order valence-corrected chi connectivity index (χ4v) is 4.60. The molecule has 1 N–H and O–H groups in total. The number of nitrogens with one attached hydrogen (secondary N) is 1. The summed E-state index contributed by atoms with van der Waals surface area (Å²) in [5, 5.41) is 7.62. The number of thiocarbonyl (C=S) groups is 1. The van der Waals surface area contributed by atoms with Crippen LogP contribution in [0.1, 0.15) is 11.5 Å². The van der Waals surface area contributed by atoms with Crippen molar-refractivity contribution in [2.75, 3.05) is 53.4 Å². The summed E-state index contributed by atoms with van der Waals surface area (Å²) >= 11 is 5.38. The minimum absolute atomic E-state index is 0.183. The first-order valence-corrected chi connectivity index (χ1v) is 9.69. The molecule has 136 valence electrons. The van der Waals surface area contributed by atoms with Crippen LogP contribution in [0.25, 0.3) is 0 Å². The van der Waals surface area contributed by atoms with Crippen molar-refractivity contribution in [1.29, 1.82) is 0 Å². The molecule has 8 nitrogen and oxygen atoms in total. The Labute approximate surface area is 148 Å². The maximum absolute atomic E-state index is 12.8. The fourth-order valence-electron chi connectivity index (χ4n) is 2.60. The largest absolute Gasteiger partial charge is 0.361 e. The lowest BCUT2D eigenvalue weighted by Gasteiger charge is -2.35. The van der Waals surface area contributed by atoms with Crippen molar-refractivity contribution in [3.8, 4) is 0 Å². The molecule has 2 rings (SSSR count). The molecule has 0 saturated carbocycles. The first-order valence-electron chi connectivity index (χ1n) is 7.84. The molecule has 1 fully saturated rings. The van der Waals surface area contributed by atoms with Crippen molar-refractivity contribution >= 4 is 27.4 Å². The van der Waals surface area contributed by atoms with Gasteiger partial charge in [-0.05, 0) is 40.2 Å². The summed E-state index contributed by atoms with van der Waals surface area (Å²) in [7, 11) is 0.429. The molecule has 0 spiro atoms. The molecule has 0 atom stereocenters. The SMILES string of the molecule is Cc1noc(C)c1S(=O)(=O)N1CCN(C(=S)NCCN(C)C)CC1. The van der Waals surface area contributed by atoms with E-state index in [0.717, 1.165) is 13.1 Å². The van der Waals surface area contributed by atoms with E-state index in [1.165, 1.54) is 4.31 Å². The minimum Gasteiger partial charge on any atom is -0.361 e. The number of likely N-dealkylation sites (N-methyl/N-ethyl adjacent to an activating group) is 1. The number of piperazine rings is 1. The topological polar surface area (TPSA) is 81.9 Å². The van der Waals surface area contributed by atoms with E-state index < -0.39 is 10.0 Å². The van der Waals surface area contributed by atoms with Gasteiger partial charge in [-0.1, -0.05) is 5.16 Å². The minimum atomic E-state index is -3.58.